The van der Waals surface area contributed by atoms with Crippen molar-refractivity contribution in [1.82, 2.24) is 5.32 Å². The number of nitrogens with one attached hydrogen (secondary N) is 1. The molecule has 1 aromatic rings. The van der Waals surface area contributed by atoms with E-state index in [9.17, 15) is 0 Å². The van der Waals surface area contributed by atoms with Gasteiger partial charge in [0.15, 0.2) is 0 Å². The molecule has 1 rings (SSSR count). The molecule has 18 heavy (non-hydrogen) atoms. The highest BCUT2D eigenvalue weighted by atomic mass is 16.5. The molecule has 0 radical (unpaired) electrons. The van der Waals surface area contributed by atoms with Gasteiger partial charge in [-0.1, -0.05) is 39.3 Å². The smallest absolute Gasteiger partial charge is 0.118 e. The van der Waals surface area contributed by atoms with Gasteiger partial charge >= 0.3 is 0 Å². The molecule has 0 amide bonds. The van der Waals surface area contributed by atoms with Crippen molar-refractivity contribution in [3.63, 3.8) is 0 Å². The van der Waals surface area contributed by atoms with Crippen LogP contribution in [0, 0.1) is 5.92 Å². The summed E-state index contributed by atoms with van der Waals surface area (Å²) in [6.45, 7) is 7.83. The Morgan fingerprint density at radius 3 is 2.33 bits per heavy atom. The average Bonchev–Trinajstić information content (AvgIpc) is 2.39. The van der Waals surface area contributed by atoms with E-state index in [4.69, 9.17) is 4.74 Å². The molecule has 0 heterocycles. The van der Waals surface area contributed by atoms with Gasteiger partial charge in [-0.15, -0.1) is 0 Å². The van der Waals surface area contributed by atoms with E-state index in [1.54, 1.807) is 7.11 Å². The van der Waals surface area contributed by atoms with E-state index in [1.165, 1.54) is 18.4 Å². The zero-order valence-corrected chi connectivity index (χ0v) is 12.2. The molecule has 1 N–H and O–H groups in total. The van der Waals surface area contributed by atoms with Gasteiger partial charge in [0.1, 0.15) is 5.75 Å². The van der Waals surface area contributed by atoms with E-state index in [1.807, 2.05) is 12.1 Å². The Kier molecular flexibility index (Phi) is 6.81. The molecular formula is C16H27NO. The number of hydrogen-bond donors (Lipinski definition) is 1. The van der Waals surface area contributed by atoms with Crippen LogP contribution in [0.3, 0.4) is 0 Å². The molecule has 102 valence electrons. The molecule has 0 aliphatic rings. The molecule has 2 unspecified atom stereocenters. The van der Waals surface area contributed by atoms with E-state index < -0.39 is 0 Å². The Labute approximate surface area is 112 Å². The maximum absolute atomic E-state index is 5.19. The van der Waals surface area contributed by atoms with Crippen LogP contribution in [0.4, 0.5) is 0 Å². The molecule has 0 spiro atoms. The largest absolute Gasteiger partial charge is 0.497 e. The van der Waals surface area contributed by atoms with Gasteiger partial charge in [0, 0.05) is 6.04 Å². The molecule has 1 aromatic carbocycles. The van der Waals surface area contributed by atoms with Crippen molar-refractivity contribution in [2.45, 2.75) is 46.1 Å². The summed E-state index contributed by atoms with van der Waals surface area (Å²) in [5.41, 5.74) is 1.39. The molecule has 0 saturated heterocycles. The van der Waals surface area contributed by atoms with Gasteiger partial charge in [-0.05, 0) is 43.0 Å². The van der Waals surface area contributed by atoms with E-state index >= 15 is 0 Å². The Balaban J connectivity index is 2.57. The van der Waals surface area contributed by atoms with E-state index in [0.717, 1.165) is 18.7 Å². The summed E-state index contributed by atoms with van der Waals surface area (Å²) >= 11 is 0. The molecule has 0 aromatic heterocycles. The third-order valence-corrected chi connectivity index (χ3v) is 3.47. The summed E-state index contributed by atoms with van der Waals surface area (Å²) in [4.78, 5) is 0. The molecular weight excluding hydrogens is 222 g/mol. The summed E-state index contributed by atoms with van der Waals surface area (Å²) < 4.78 is 5.19. The number of rotatable bonds is 8. The summed E-state index contributed by atoms with van der Waals surface area (Å²) in [6, 6.07) is 9.06. The average molecular weight is 249 g/mol. The van der Waals surface area contributed by atoms with Crippen molar-refractivity contribution in [2.75, 3.05) is 13.7 Å². The van der Waals surface area contributed by atoms with Gasteiger partial charge in [0.05, 0.1) is 7.11 Å². The predicted molar refractivity (Wildman–Crippen MR) is 78.2 cm³/mol. The Bertz CT molecular complexity index is 314. The molecule has 2 heteroatoms. The van der Waals surface area contributed by atoms with Gasteiger partial charge in [-0.2, -0.15) is 0 Å². The number of ether oxygens (including phenoxy) is 1. The van der Waals surface area contributed by atoms with Crippen LogP contribution >= 0.6 is 0 Å². The van der Waals surface area contributed by atoms with Crippen LogP contribution in [-0.4, -0.2) is 19.7 Å². The van der Waals surface area contributed by atoms with Crippen molar-refractivity contribution in [3.05, 3.63) is 29.8 Å². The van der Waals surface area contributed by atoms with Gasteiger partial charge in [0.25, 0.3) is 0 Å². The molecule has 0 saturated carbocycles. The van der Waals surface area contributed by atoms with Crippen LogP contribution in [0.5, 0.6) is 5.75 Å². The normalized spacial score (nSPS) is 14.2. The molecule has 0 aliphatic carbocycles. The van der Waals surface area contributed by atoms with Crippen LogP contribution in [0.2, 0.25) is 0 Å². The summed E-state index contributed by atoms with van der Waals surface area (Å²) in [7, 11) is 1.71. The van der Waals surface area contributed by atoms with Gasteiger partial charge in [-0.25, -0.2) is 0 Å². The summed E-state index contributed by atoms with van der Waals surface area (Å²) in [5, 5.41) is 3.60. The maximum Gasteiger partial charge on any atom is 0.118 e. The standard InChI is InChI=1S/C16H27NO/c1-5-7-16(17-6-2)13(3)12-14-8-10-15(18-4)11-9-14/h8-11,13,16-17H,5-7,12H2,1-4H3. The van der Waals surface area contributed by atoms with Crippen LogP contribution < -0.4 is 10.1 Å². The van der Waals surface area contributed by atoms with Crippen molar-refractivity contribution in [3.8, 4) is 5.75 Å². The summed E-state index contributed by atoms with van der Waals surface area (Å²) in [6.07, 6.45) is 3.62. The van der Waals surface area contributed by atoms with Crippen molar-refractivity contribution < 1.29 is 4.74 Å². The first kappa shape index (κ1) is 15.0. The van der Waals surface area contributed by atoms with Gasteiger partial charge in [0.2, 0.25) is 0 Å². The van der Waals surface area contributed by atoms with Crippen LogP contribution in [0.1, 0.15) is 39.2 Å². The molecule has 0 fully saturated rings. The third kappa shape index (κ3) is 4.69. The molecule has 2 atom stereocenters. The van der Waals surface area contributed by atoms with Crippen molar-refractivity contribution in [1.29, 1.82) is 0 Å². The van der Waals surface area contributed by atoms with E-state index in [2.05, 4.69) is 38.2 Å². The highest BCUT2D eigenvalue weighted by molar-refractivity contribution is 5.27. The Morgan fingerprint density at radius 2 is 1.83 bits per heavy atom. The lowest BCUT2D eigenvalue weighted by molar-refractivity contribution is 0.357. The van der Waals surface area contributed by atoms with Crippen LogP contribution in [0.15, 0.2) is 24.3 Å². The fourth-order valence-corrected chi connectivity index (χ4v) is 2.44. The Morgan fingerprint density at radius 1 is 1.17 bits per heavy atom. The fourth-order valence-electron chi connectivity index (χ4n) is 2.44. The second-order valence-electron chi connectivity index (χ2n) is 4.98. The second-order valence-corrected chi connectivity index (χ2v) is 4.98. The van der Waals surface area contributed by atoms with Crippen molar-refractivity contribution >= 4 is 0 Å². The van der Waals surface area contributed by atoms with E-state index in [0.29, 0.717) is 12.0 Å². The zero-order valence-electron chi connectivity index (χ0n) is 12.2. The quantitative estimate of drug-likeness (QED) is 0.759. The first-order valence-corrected chi connectivity index (χ1v) is 7.07. The van der Waals surface area contributed by atoms with Crippen molar-refractivity contribution in [2.24, 2.45) is 5.92 Å². The maximum atomic E-state index is 5.19. The first-order chi connectivity index (χ1) is 8.71. The number of benzene rings is 1. The van der Waals surface area contributed by atoms with Crippen LogP contribution in [-0.2, 0) is 6.42 Å². The minimum atomic E-state index is 0.627. The lowest BCUT2D eigenvalue weighted by Crippen LogP contribution is -2.35. The number of hydrogen-bond acceptors (Lipinski definition) is 2. The topological polar surface area (TPSA) is 21.3 Å². The number of methoxy groups -OCH3 is 1. The monoisotopic (exact) mass is 249 g/mol. The lowest BCUT2D eigenvalue weighted by Gasteiger charge is -2.24. The second kappa shape index (κ2) is 8.15. The van der Waals surface area contributed by atoms with Gasteiger partial charge in [-0.3, -0.25) is 0 Å². The Hall–Kier alpha value is -1.02. The zero-order chi connectivity index (χ0) is 13.4. The predicted octanol–water partition coefficient (Wildman–Crippen LogP) is 3.65. The highest BCUT2D eigenvalue weighted by Gasteiger charge is 2.15. The lowest BCUT2D eigenvalue weighted by atomic mass is 9.91. The first-order valence-electron chi connectivity index (χ1n) is 7.07. The van der Waals surface area contributed by atoms with Gasteiger partial charge < -0.3 is 10.1 Å². The third-order valence-electron chi connectivity index (χ3n) is 3.47. The molecule has 0 aliphatic heterocycles. The molecule has 0 bridgehead atoms. The minimum absolute atomic E-state index is 0.627. The van der Waals surface area contributed by atoms with Crippen LogP contribution in [0.25, 0.3) is 0 Å². The SMILES string of the molecule is CCCC(NCC)C(C)Cc1ccc(OC)cc1. The highest BCUT2D eigenvalue weighted by Crippen LogP contribution is 2.18. The van der Waals surface area contributed by atoms with E-state index in [-0.39, 0.29) is 0 Å². The summed E-state index contributed by atoms with van der Waals surface area (Å²) in [5.74, 6) is 1.60. The minimum Gasteiger partial charge on any atom is -0.497 e. The fraction of sp³-hybridized carbons (Fsp3) is 0.625. The molecule has 2 nitrogen and oxygen atoms in total.